The van der Waals surface area contributed by atoms with E-state index in [1.165, 1.54) is 0 Å². The number of anilines is 1. The fourth-order valence-corrected chi connectivity index (χ4v) is 2.70. The standard InChI is InChI=1S/C23H21IN4O3/c1-4-6-17(5-2)21(29)27-28-22(30)19-10-7-15(3)18(13-19)11-8-16-9-12-20(25-14-16)26-23(24)31/h4-7,9-10,12-14H,1-3H3,(H,27,29)(H,28,30)(H,25,26,31)/b6-4-,17-5+. The van der Waals surface area contributed by atoms with Gasteiger partial charge < -0.3 is 5.32 Å². The zero-order chi connectivity index (χ0) is 22.8. The van der Waals surface area contributed by atoms with Crippen molar-refractivity contribution in [2.75, 3.05) is 5.32 Å². The molecule has 1 aromatic heterocycles. The fraction of sp³-hybridized carbons (Fsp3) is 0.130. The molecule has 0 saturated carbocycles. The first-order valence-corrected chi connectivity index (χ1v) is 10.4. The number of carbonyl (C=O) groups is 3. The highest BCUT2D eigenvalue weighted by Crippen LogP contribution is 2.11. The van der Waals surface area contributed by atoms with E-state index >= 15 is 0 Å². The van der Waals surface area contributed by atoms with Crippen LogP contribution in [0.1, 0.15) is 40.9 Å². The van der Waals surface area contributed by atoms with Crippen molar-refractivity contribution in [2.24, 2.45) is 0 Å². The van der Waals surface area contributed by atoms with Crippen molar-refractivity contribution in [1.29, 1.82) is 0 Å². The zero-order valence-electron chi connectivity index (χ0n) is 17.2. The Morgan fingerprint density at radius 3 is 2.45 bits per heavy atom. The third-order valence-electron chi connectivity index (χ3n) is 4.04. The average molecular weight is 528 g/mol. The second-order valence-electron chi connectivity index (χ2n) is 6.26. The predicted molar refractivity (Wildman–Crippen MR) is 129 cm³/mol. The zero-order valence-corrected chi connectivity index (χ0v) is 19.4. The Labute approximate surface area is 194 Å². The minimum absolute atomic E-state index is 0.227. The van der Waals surface area contributed by atoms with Crippen LogP contribution in [0.5, 0.6) is 0 Å². The summed E-state index contributed by atoms with van der Waals surface area (Å²) in [5.74, 6) is 5.61. The lowest BCUT2D eigenvalue weighted by atomic mass is 10.0. The van der Waals surface area contributed by atoms with Gasteiger partial charge in [0.2, 0.25) is 0 Å². The molecule has 2 rings (SSSR count). The quantitative estimate of drug-likeness (QED) is 0.106. The van der Waals surface area contributed by atoms with E-state index in [2.05, 4.69) is 33.0 Å². The lowest BCUT2D eigenvalue weighted by Gasteiger charge is -2.09. The number of nitrogens with zero attached hydrogens (tertiary/aromatic N) is 1. The Balaban J connectivity index is 2.12. The number of hydrazine groups is 1. The Morgan fingerprint density at radius 1 is 1.06 bits per heavy atom. The second-order valence-corrected chi connectivity index (χ2v) is 7.24. The van der Waals surface area contributed by atoms with Gasteiger partial charge in [0, 0.05) is 51.1 Å². The third-order valence-corrected chi connectivity index (χ3v) is 4.31. The third kappa shape index (κ3) is 7.38. The van der Waals surface area contributed by atoms with E-state index in [0.29, 0.717) is 28.1 Å². The summed E-state index contributed by atoms with van der Waals surface area (Å²) in [5.41, 5.74) is 7.84. The first-order chi connectivity index (χ1) is 14.8. The van der Waals surface area contributed by atoms with Gasteiger partial charge in [0.15, 0.2) is 0 Å². The molecule has 0 radical (unpaired) electrons. The van der Waals surface area contributed by atoms with Crippen LogP contribution in [0.15, 0.2) is 60.3 Å². The normalized spacial score (nSPS) is 10.8. The molecule has 1 aromatic carbocycles. The molecular weight excluding hydrogens is 507 g/mol. The number of pyridine rings is 1. The molecule has 0 aliphatic carbocycles. The minimum atomic E-state index is -0.451. The van der Waals surface area contributed by atoms with Gasteiger partial charge in [-0.15, -0.1) is 0 Å². The first kappa shape index (κ1) is 23.8. The number of benzene rings is 1. The van der Waals surface area contributed by atoms with E-state index in [0.717, 1.165) is 5.56 Å². The minimum Gasteiger partial charge on any atom is -0.302 e. The number of aryl methyl sites for hydroxylation is 1. The molecule has 8 heteroatoms. The van der Waals surface area contributed by atoms with Crippen LogP contribution in [-0.2, 0) is 4.79 Å². The summed E-state index contributed by atoms with van der Waals surface area (Å²) in [6, 6.07) is 8.51. The highest BCUT2D eigenvalue weighted by Gasteiger charge is 2.10. The van der Waals surface area contributed by atoms with Crippen LogP contribution in [0, 0.1) is 18.8 Å². The maximum Gasteiger partial charge on any atom is 0.286 e. The van der Waals surface area contributed by atoms with Gasteiger partial charge in [0.25, 0.3) is 15.7 Å². The van der Waals surface area contributed by atoms with Crippen molar-refractivity contribution in [1.82, 2.24) is 15.8 Å². The van der Waals surface area contributed by atoms with Gasteiger partial charge in [0.05, 0.1) is 0 Å². The molecule has 0 aliphatic rings. The highest BCUT2D eigenvalue weighted by atomic mass is 127. The number of carbonyl (C=O) groups excluding carboxylic acids is 3. The van der Waals surface area contributed by atoms with E-state index < -0.39 is 11.8 Å². The van der Waals surface area contributed by atoms with Gasteiger partial charge in [-0.2, -0.15) is 0 Å². The summed E-state index contributed by atoms with van der Waals surface area (Å²) in [6.07, 6.45) is 6.60. The maximum absolute atomic E-state index is 12.4. The van der Waals surface area contributed by atoms with Crippen LogP contribution in [0.3, 0.4) is 0 Å². The maximum atomic E-state index is 12.4. The van der Waals surface area contributed by atoms with Gasteiger partial charge in [-0.05, 0) is 50.6 Å². The summed E-state index contributed by atoms with van der Waals surface area (Å²) in [5, 5.41) is 2.58. The molecule has 0 saturated heterocycles. The van der Waals surface area contributed by atoms with Crippen molar-refractivity contribution in [3.63, 3.8) is 0 Å². The van der Waals surface area contributed by atoms with Crippen molar-refractivity contribution in [3.05, 3.63) is 82.6 Å². The molecule has 1 heterocycles. The largest absolute Gasteiger partial charge is 0.302 e. The van der Waals surface area contributed by atoms with Crippen LogP contribution >= 0.6 is 22.6 Å². The average Bonchev–Trinajstić information content (AvgIpc) is 2.75. The van der Waals surface area contributed by atoms with Gasteiger partial charge in [0.1, 0.15) is 5.82 Å². The number of hydrogen-bond donors (Lipinski definition) is 3. The molecular formula is C23H21IN4O3. The van der Waals surface area contributed by atoms with Crippen molar-refractivity contribution in [2.45, 2.75) is 20.8 Å². The number of halogens is 1. The second kappa shape index (κ2) is 11.7. The van der Waals surface area contributed by atoms with Crippen LogP contribution in [0.25, 0.3) is 0 Å². The van der Waals surface area contributed by atoms with Gasteiger partial charge in [-0.25, -0.2) is 4.98 Å². The van der Waals surface area contributed by atoms with E-state index in [9.17, 15) is 14.4 Å². The van der Waals surface area contributed by atoms with Crippen LogP contribution in [0.4, 0.5) is 10.6 Å². The van der Waals surface area contributed by atoms with E-state index in [1.807, 2.05) is 6.92 Å². The molecule has 158 valence electrons. The molecule has 31 heavy (non-hydrogen) atoms. The Hall–Kier alpha value is -3.45. The number of rotatable bonds is 4. The smallest absolute Gasteiger partial charge is 0.286 e. The molecule has 3 N–H and O–H groups in total. The van der Waals surface area contributed by atoms with Crippen LogP contribution in [0.2, 0.25) is 0 Å². The number of aromatic nitrogens is 1. The Morgan fingerprint density at radius 2 is 1.84 bits per heavy atom. The molecule has 2 aromatic rings. The topological polar surface area (TPSA) is 100 Å². The van der Waals surface area contributed by atoms with E-state index in [-0.39, 0.29) is 3.91 Å². The monoisotopic (exact) mass is 528 g/mol. The molecule has 0 spiro atoms. The molecule has 0 bridgehead atoms. The number of nitrogens with one attached hydrogen (secondary N) is 3. The summed E-state index contributed by atoms with van der Waals surface area (Å²) in [6.45, 7) is 5.43. The fourth-order valence-electron chi connectivity index (χ4n) is 2.42. The number of amides is 3. The lowest BCUT2D eigenvalue weighted by Crippen LogP contribution is -2.42. The summed E-state index contributed by atoms with van der Waals surface area (Å²) >= 11 is 1.63. The number of hydrogen-bond acceptors (Lipinski definition) is 4. The van der Waals surface area contributed by atoms with Crippen LogP contribution in [-0.4, -0.2) is 20.7 Å². The molecule has 0 fully saturated rings. The lowest BCUT2D eigenvalue weighted by molar-refractivity contribution is -0.117. The summed E-state index contributed by atoms with van der Waals surface area (Å²) in [4.78, 5) is 39.7. The van der Waals surface area contributed by atoms with Crippen molar-refractivity contribution < 1.29 is 14.4 Å². The first-order valence-electron chi connectivity index (χ1n) is 9.29. The van der Waals surface area contributed by atoms with Gasteiger partial charge in [-0.3, -0.25) is 25.2 Å². The molecule has 0 atom stereocenters. The van der Waals surface area contributed by atoms with E-state index in [4.69, 9.17) is 0 Å². The molecule has 7 nitrogen and oxygen atoms in total. The summed E-state index contributed by atoms with van der Waals surface area (Å²) < 4.78 is -0.227. The van der Waals surface area contributed by atoms with E-state index in [1.54, 1.807) is 91.2 Å². The molecule has 3 amide bonds. The SMILES string of the molecule is C/C=C\C(=C/C)C(=O)NNC(=O)c1ccc(C)c(C#Cc2ccc(NC(=O)I)nc2)c1. The Bertz CT molecular complexity index is 1110. The molecule has 0 aliphatic heterocycles. The predicted octanol–water partition coefficient (Wildman–Crippen LogP) is 4.04. The van der Waals surface area contributed by atoms with Gasteiger partial charge >= 0.3 is 0 Å². The molecule has 0 unspecified atom stereocenters. The Kier molecular flexibility index (Phi) is 8.96. The highest BCUT2D eigenvalue weighted by molar-refractivity contribution is 14.1. The summed E-state index contributed by atoms with van der Waals surface area (Å²) in [7, 11) is 0. The number of allylic oxidation sites excluding steroid dienone is 2. The van der Waals surface area contributed by atoms with Crippen LogP contribution < -0.4 is 16.2 Å². The van der Waals surface area contributed by atoms with Crippen molar-refractivity contribution >= 4 is 44.1 Å². The van der Waals surface area contributed by atoms with Gasteiger partial charge in [-0.1, -0.05) is 36.1 Å². The van der Waals surface area contributed by atoms with Crippen molar-refractivity contribution in [3.8, 4) is 11.8 Å².